The fourth-order valence-electron chi connectivity index (χ4n) is 4.19. The van der Waals surface area contributed by atoms with Crippen LogP contribution in [0.5, 0.6) is 0 Å². The zero-order valence-electron chi connectivity index (χ0n) is 20.4. The highest BCUT2D eigenvalue weighted by atomic mass is 32.1. The summed E-state index contributed by atoms with van der Waals surface area (Å²) in [6, 6.07) is 20.4. The molecule has 36 heavy (non-hydrogen) atoms. The fraction of sp³-hybridized carbons (Fsp3) is 0.250. The second-order valence-corrected chi connectivity index (χ2v) is 9.46. The van der Waals surface area contributed by atoms with Gasteiger partial charge in [0, 0.05) is 32.4 Å². The van der Waals surface area contributed by atoms with Crippen LogP contribution in [0.4, 0.5) is 16.2 Å². The van der Waals surface area contributed by atoms with Gasteiger partial charge in [-0.2, -0.15) is 4.99 Å². The number of nitrogens with one attached hydrogen (secondary N) is 3. The predicted octanol–water partition coefficient (Wildman–Crippen LogP) is 5.82. The first-order valence-electron chi connectivity index (χ1n) is 11.9. The smallest absolute Gasteiger partial charge is 0.315 e. The molecule has 3 aromatic rings. The number of hydrogen-bond donors (Lipinski definition) is 3. The van der Waals surface area contributed by atoms with Crippen LogP contribution in [0.2, 0.25) is 0 Å². The maximum atomic E-state index is 12.0. The molecular formula is C28H29N5OS2. The van der Waals surface area contributed by atoms with Gasteiger partial charge in [-0.1, -0.05) is 42.0 Å². The van der Waals surface area contributed by atoms with Crippen LogP contribution in [0.3, 0.4) is 0 Å². The van der Waals surface area contributed by atoms with Crippen LogP contribution in [-0.2, 0) is 13.0 Å². The average Bonchev–Trinajstić information content (AvgIpc) is 3.23. The topological polar surface area (TPSA) is 68.8 Å². The summed E-state index contributed by atoms with van der Waals surface area (Å²) in [5.41, 5.74) is 9.03. The van der Waals surface area contributed by atoms with Crippen molar-refractivity contribution in [1.29, 1.82) is 0 Å². The number of carbonyl (C=O) groups is 1. The molecule has 0 atom stereocenters. The SMILES string of the molecule is Cc1ccc(CNC(=O)NCCCN(C)C(=S)Nc2ccc3c(c2)Cc2cc(N=C=S)ccc2-3)cc1. The molecule has 184 valence electrons. The van der Waals surface area contributed by atoms with E-state index in [4.69, 9.17) is 24.4 Å². The predicted molar refractivity (Wildman–Crippen MR) is 154 cm³/mol. The molecule has 1 aliphatic carbocycles. The van der Waals surface area contributed by atoms with Gasteiger partial charge in [0.05, 0.1) is 10.8 Å². The van der Waals surface area contributed by atoms with E-state index in [-0.39, 0.29) is 6.03 Å². The van der Waals surface area contributed by atoms with Crippen LogP contribution >= 0.6 is 24.4 Å². The van der Waals surface area contributed by atoms with Gasteiger partial charge in [0.1, 0.15) is 0 Å². The van der Waals surface area contributed by atoms with E-state index in [2.05, 4.69) is 56.4 Å². The highest BCUT2D eigenvalue weighted by Gasteiger charge is 2.19. The summed E-state index contributed by atoms with van der Waals surface area (Å²) in [5.74, 6) is 0. The molecule has 0 unspecified atom stereocenters. The third-order valence-electron chi connectivity index (χ3n) is 6.17. The van der Waals surface area contributed by atoms with Gasteiger partial charge >= 0.3 is 6.03 Å². The minimum absolute atomic E-state index is 0.167. The van der Waals surface area contributed by atoms with E-state index in [0.29, 0.717) is 18.2 Å². The van der Waals surface area contributed by atoms with Gasteiger partial charge < -0.3 is 20.9 Å². The molecule has 0 aliphatic heterocycles. The number of amides is 2. The monoisotopic (exact) mass is 515 g/mol. The Morgan fingerprint density at radius 2 is 1.75 bits per heavy atom. The molecule has 6 nitrogen and oxygen atoms in total. The van der Waals surface area contributed by atoms with Crippen LogP contribution in [0, 0.1) is 6.92 Å². The molecule has 0 saturated carbocycles. The molecular weight excluding hydrogens is 486 g/mol. The van der Waals surface area contributed by atoms with Crippen LogP contribution in [0.1, 0.15) is 28.7 Å². The summed E-state index contributed by atoms with van der Waals surface area (Å²) in [5, 5.41) is 12.2. The lowest BCUT2D eigenvalue weighted by atomic mass is 10.1. The lowest BCUT2D eigenvalue weighted by Crippen LogP contribution is -2.37. The Hall–Kier alpha value is -3.58. The third kappa shape index (κ3) is 6.55. The number of carbonyl (C=O) groups excluding carboxylic acids is 1. The van der Waals surface area contributed by atoms with Gasteiger partial charge in [0.25, 0.3) is 0 Å². The average molecular weight is 516 g/mol. The molecule has 3 aromatic carbocycles. The van der Waals surface area contributed by atoms with Gasteiger partial charge in [-0.25, -0.2) is 4.79 Å². The van der Waals surface area contributed by atoms with Crippen molar-refractivity contribution in [3.8, 4) is 11.1 Å². The lowest BCUT2D eigenvalue weighted by Gasteiger charge is -2.21. The van der Waals surface area contributed by atoms with E-state index < -0.39 is 0 Å². The number of urea groups is 1. The van der Waals surface area contributed by atoms with Gasteiger partial charge in [0.15, 0.2) is 5.11 Å². The molecule has 0 spiro atoms. The Bertz CT molecular complexity index is 1320. The van der Waals surface area contributed by atoms with E-state index in [9.17, 15) is 4.79 Å². The first-order chi connectivity index (χ1) is 17.4. The van der Waals surface area contributed by atoms with E-state index in [1.54, 1.807) is 0 Å². The second-order valence-electron chi connectivity index (χ2n) is 8.89. The van der Waals surface area contributed by atoms with E-state index in [1.807, 2.05) is 49.2 Å². The summed E-state index contributed by atoms with van der Waals surface area (Å²) in [7, 11) is 1.95. The third-order valence-corrected chi connectivity index (χ3v) is 6.67. The molecule has 4 rings (SSSR count). The number of isothiocyanates is 1. The molecule has 0 heterocycles. The molecule has 1 aliphatic rings. The molecule has 0 saturated heterocycles. The van der Waals surface area contributed by atoms with E-state index in [0.717, 1.165) is 36.3 Å². The Morgan fingerprint density at radius 1 is 1.03 bits per heavy atom. The number of hydrogen-bond acceptors (Lipinski definition) is 4. The van der Waals surface area contributed by atoms with E-state index in [1.165, 1.54) is 27.8 Å². The van der Waals surface area contributed by atoms with Crippen molar-refractivity contribution in [2.45, 2.75) is 26.3 Å². The summed E-state index contributed by atoms with van der Waals surface area (Å²) in [6.07, 6.45) is 1.63. The number of fused-ring (bicyclic) bond motifs is 3. The number of anilines is 1. The van der Waals surface area contributed by atoms with Crippen LogP contribution < -0.4 is 16.0 Å². The van der Waals surface area contributed by atoms with Crippen molar-refractivity contribution in [3.63, 3.8) is 0 Å². The number of aryl methyl sites for hydroxylation is 1. The summed E-state index contributed by atoms with van der Waals surface area (Å²) in [6.45, 7) is 3.85. The first-order valence-corrected chi connectivity index (χ1v) is 12.7. The van der Waals surface area contributed by atoms with Gasteiger partial charge in [-0.3, -0.25) is 0 Å². The summed E-state index contributed by atoms with van der Waals surface area (Å²) >= 11 is 10.3. The zero-order chi connectivity index (χ0) is 25.5. The minimum Gasteiger partial charge on any atom is -0.352 e. The second kappa shape index (κ2) is 11.9. The molecule has 0 radical (unpaired) electrons. The minimum atomic E-state index is -0.167. The maximum Gasteiger partial charge on any atom is 0.315 e. The number of nitrogens with zero attached hydrogens (tertiary/aromatic N) is 2. The molecule has 8 heteroatoms. The number of thiocarbonyl (C=S) groups is 2. The maximum absolute atomic E-state index is 12.0. The Balaban J connectivity index is 1.20. The quantitative estimate of drug-likeness (QED) is 0.157. The molecule has 3 N–H and O–H groups in total. The Kier molecular flexibility index (Phi) is 8.44. The van der Waals surface area contributed by atoms with Crippen LogP contribution in [-0.4, -0.2) is 41.3 Å². The van der Waals surface area contributed by atoms with Crippen LogP contribution in [0.25, 0.3) is 11.1 Å². The molecule has 0 aromatic heterocycles. The summed E-state index contributed by atoms with van der Waals surface area (Å²) < 4.78 is 0. The number of aliphatic imine (C=N–C) groups is 1. The van der Waals surface area contributed by atoms with Crippen molar-refractivity contribution in [2.24, 2.45) is 4.99 Å². The Morgan fingerprint density at radius 3 is 2.50 bits per heavy atom. The van der Waals surface area contributed by atoms with E-state index >= 15 is 0 Å². The van der Waals surface area contributed by atoms with Gasteiger partial charge in [0.2, 0.25) is 0 Å². The first kappa shape index (κ1) is 25.5. The van der Waals surface area contributed by atoms with Crippen LogP contribution in [0.15, 0.2) is 65.7 Å². The van der Waals surface area contributed by atoms with Crippen molar-refractivity contribution in [3.05, 3.63) is 82.9 Å². The highest BCUT2D eigenvalue weighted by Crippen LogP contribution is 2.39. The van der Waals surface area contributed by atoms with Gasteiger partial charge in [-0.15, -0.1) is 0 Å². The van der Waals surface area contributed by atoms with Crippen molar-refractivity contribution >= 4 is 52.1 Å². The van der Waals surface area contributed by atoms with Crippen molar-refractivity contribution < 1.29 is 4.79 Å². The standard InChI is InChI=1S/C28H29N5OS2/c1-19-4-6-20(7-5-19)17-30-27(34)29-12-3-13-33(2)28(36)32-24-9-11-26-22(16-24)14-21-15-23(31-18-35)8-10-25(21)26/h4-11,15-16H,3,12-14,17H2,1-2H3,(H,32,36)(H2,29,30,34). The summed E-state index contributed by atoms with van der Waals surface area (Å²) in [4.78, 5) is 18.1. The molecule has 0 bridgehead atoms. The fourth-order valence-corrected chi connectivity index (χ4v) is 4.50. The number of rotatable bonds is 8. The normalized spacial score (nSPS) is 11.1. The van der Waals surface area contributed by atoms with Crippen molar-refractivity contribution in [1.82, 2.24) is 15.5 Å². The largest absolute Gasteiger partial charge is 0.352 e. The Labute approximate surface area is 222 Å². The highest BCUT2D eigenvalue weighted by molar-refractivity contribution is 7.80. The zero-order valence-corrected chi connectivity index (χ0v) is 22.1. The number of benzene rings is 3. The van der Waals surface area contributed by atoms with Crippen molar-refractivity contribution in [2.75, 3.05) is 25.5 Å². The molecule has 2 amide bonds. The van der Waals surface area contributed by atoms with Gasteiger partial charge in [-0.05, 0) is 96.3 Å². The lowest BCUT2D eigenvalue weighted by molar-refractivity contribution is 0.240. The molecule has 0 fully saturated rings.